The fourth-order valence-corrected chi connectivity index (χ4v) is 1.45. The van der Waals surface area contributed by atoms with Gasteiger partial charge in [-0.3, -0.25) is 4.79 Å². The van der Waals surface area contributed by atoms with Crippen molar-refractivity contribution in [2.45, 2.75) is 39.7 Å². The van der Waals surface area contributed by atoms with Crippen molar-refractivity contribution in [2.24, 2.45) is 5.92 Å². The summed E-state index contributed by atoms with van der Waals surface area (Å²) in [5.74, 6) is -0.768. The number of hydrogen-bond donors (Lipinski definition) is 3. The summed E-state index contributed by atoms with van der Waals surface area (Å²) in [6.07, 6.45) is 2.14. The van der Waals surface area contributed by atoms with Gasteiger partial charge >= 0.3 is 5.97 Å². The zero-order valence-corrected chi connectivity index (χ0v) is 10.2. The van der Waals surface area contributed by atoms with E-state index in [0.29, 0.717) is 5.92 Å². The van der Waals surface area contributed by atoms with Crippen molar-refractivity contribution in [3.05, 3.63) is 0 Å². The molecule has 94 valence electrons. The van der Waals surface area contributed by atoms with Gasteiger partial charge in [0.25, 0.3) is 0 Å². The second-order valence-corrected chi connectivity index (χ2v) is 3.93. The Morgan fingerprint density at radius 3 is 2.12 bits per heavy atom. The lowest BCUT2D eigenvalue weighted by Crippen LogP contribution is -2.47. The highest BCUT2D eigenvalue weighted by atomic mass is 16.4. The Bertz CT molecular complexity index is 227. The molecule has 0 aromatic carbocycles. The van der Waals surface area contributed by atoms with Crippen molar-refractivity contribution in [1.29, 1.82) is 0 Å². The third-order valence-corrected chi connectivity index (χ3v) is 2.61. The molecule has 0 bridgehead atoms. The average molecular weight is 230 g/mol. The van der Waals surface area contributed by atoms with Crippen molar-refractivity contribution in [2.75, 3.05) is 13.1 Å². The molecule has 0 fully saturated rings. The summed E-state index contributed by atoms with van der Waals surface area (Å²) in [7, 11) is 0. The molecule has 1 amide bonds. The molecule has 0 saturated heterocycles. The number of hydrogen-bond acceptors (Lipinski definition) is 3. The van der Waals surface area contributed by atoms with Crippen LogP contribution in [0.5, 0.6) is 0 Å². The molecule has 0 aliphatic carbocycles. The summed E-state index contributed by atoms with van der Waals surface area (Å²) in [4.78, 5) is 21.6. The van der Waals surface area contributed by atoms with E-state index in [4.69, 9.17) is 5.11 Å². The van der Waals surface area contributed by atoms with Crippen molar-refractivity contribution in [1.82, 2.24) is 10.6 Å². The lowest BCUT2D eigenvalue weighted by atomic mass is 10.0. The molecule has 0 radical (unpaired) electrons. The molecule has 0 aromatic heterocycles. The maximum absolute atomic E-state index is 10.8. The van der Waals surface area contributed by atoms with Crippen LogP contribution in [0.1, 0.15) is 33.6 Å². The van der Waals surface area contributed by atoms with Crippen LogP contribution in [0.25, 0.3) is 0 Å². The molecule has 5 heteroatoms. The first-order valence-electron chi connectivity index (χ1n) is 5.71. The van der Waals surface area contributed by atoms with E-state index in [0.717, 1.165) is 19.4 Å². The highest BCUT2D eigenvalue weighted by Gasteiger charge is 2.17. The van der Waals surface area contributed by atoms with Gasteiger partial charge in [-0.15, -0.1) is 0 Å². The third-order valence-electron chi connectivity index (χ3n) is 2.61. The summed E-state index contributed by atoms with van der Waals surface area (Å²) in [5.41, 5.74) is 0. The first-order valence-corrected chi connectivity index (χ1v) is 5.71. The minimum atomic E-state index is -1.01. The van der Waals surface area contributed by atoms with Crippen LogP contribution in [0.2, 0.25) is 0 Å². The van der Waals surface area contributed by atoms with Crippen molar-refractivity contribution in [3.8, 4) is 0 Å². The van der Waals surface area contributed by atoms with Crippen LogP contribution in [0, 0.1) is 5.92 Å². The topological polar surface area (TPSA) is 78.4 Å². The highest BCUT2D eigenvalue weighted by molar-refractivity contribution is 5.82. The number of aliphatic carboxylic acids is 1. The Morgan fingerprint density at radius 1 is 1.19 bits per heavy atom. The molecule has 1 atom stereocenters. The molecule has 0 spiro atoms. The SMILES string of the molecule is CCC(CC)CNCC(NC(C)=O)C(=O)O. The van der Waals surface area contributed by atoms with E-state index >= 15 is 0 Å². The van der Waals surface area contributed by atoms with Crippen LogP contribution in [0.15, 0.2) is 0 Å². The van der Waals surface area contributed by atoms with Gasteiger partial charge in [-0.2, -0.15) is 0 Å². The molecule has 0 heterocycles. The number of carboxylic acids is 1. The van der Waals surface area contributed by atoms with Gasteiger partial charge in [-0.05, 0) is 12.5 Å². The van der Waals surface area contributed by atoms with Crippen molar-refractivity contribution in [3.63, 3.8) is 0 Å². The molecule has 16 heavy (non-hydrogen) atoms. The van der Waals surface area contributed by atoms with Crippen LogP contribution in [-0.4, -0.2) is 36.1 Å². The summed E-state index contributed by atoms with van der Waals surface area (Å²) in [6, 6.07) is -0.841. The van der Waals surface area contributed by atoms with Gasteiger partial charge < -0.3 is 15.7 Å². The maximum Gasteiger partial charge on any atom is 0.327 e. The van der Waals surface area contributed by atoms with Gasteiger partial charge in [0.1, 0.15) is 6.04 Å². The molecule has 0 rings (SSSR count). The Morgan fingerprint density at radius 2 is 1.75 bits per heavy atom. The standard InChI is InChI=1S/C11H22N2O3/c1-4-9(5-2)6-12-7-10(11(15)16)13-8(3)14/h9-10,12H,4-7H2,1-3H3,(H,13,14)(H,15,16). The predicted octanol–water partition coefficient (Wildman–Crippen LogP) is 0.601. The van der Waals surface area contributed by atoms with E-state index in [-0.39, 0.29) is 12.5 Å². The second kappa shape index (κ2) is 8.10. The fraction of sp³-hybridized carbons (Fsp3) is 0.818. The normalized spacial score (nSPS) is 12.5. The van der Waals surface area contributed by atoms with Crippen molar-refractivity contribution >= 4 is 11.9 Å². The van der Waals surface area contributed by atoms with Gasteiger partial charge in [-0.1, -0.05) is 26.7 Å². The lowest BCUT2D eigenvalue weighted by Gasteiger charge is -2.17. The fourth-order valence-electron chi connectivity index (χ4n) is 1.45. The van der Waals surface area contributed by atoms with Gasteiger partial charge in [0, 0.05) is 13.5 Å². The molecule has 0 aliphatic rings. The Balaban J connectivity index is 3.93. The van der Waals surface area contributed by atoms with Gasteiger partial charge in [0.05, 0.1) is 0 Å². The number of carbonyl (C=O) groups excluding carboxylic acids is 1. The largest absolute Gasteiger partial charge is 0.480 e. The zero-order valence-electron chi connectivity index (χ0n) is 10.2. The van der Waals surface area contributed by atoms with Crippen LogP contribution in [-0.2, 0) is 9.59 Å². The van der Waals surface area contributed by atoms with E-state index in [2.05, 4.69) is 24.5 Å². The summed E-state index contributed by atoms with van der Waals surface area (Å²) in [6.45, 7) is 6.59. The summed E-state index contributed by atoms with van der Waals surface area (Å²) < 4.78 is 0. The third kappa shape index (κ3) is 6.40. The zero-order chi connectivity index (χ0) is 12.6. The Kier molecular flexibility index (Phi) is 7.54. The Hall–Kier alpha value is -1.10. The van der Waals surface area contributed by atoms with Gasteiger partial charge in [0.2, 0.25) is 5.91 Å². The van der Waals surface area contributed by atoms with E-state index in [1.807, 2.05) is 0 Å². The minimum absolute atomic E-state index is 0.269. The predicted molar refractivity (Wildman–Crippen MR) is 62.2 cm³/mol. The van der Waals surface area contributed by atoms with Crippen molar-refractivity contribution < 1.29 is 14.7 Å². The van der Waals surface area contributed by atoms with Crippen LogP contribution >= 0.6 is 0 Å². The van der Waals surface area contributed by atoms with E-state index in [9.17, 15) is 9.59 Å². The molecular weight excluding hydrogens is 208 g/mol. The Labute approximate surface area is 96.6 Å². The minimum Gasteiger partial charge on any atom is -0.480 e. The maximum atomic E-state index is 10.8. The number of carbonyl (C=O) groups is 2. The van der Waals surface area contributed by atoms with E-state index in [1.165, 1.54) is 6.92 Å². The first kappa shape index (κ1) is 14.9. The number of carboxylic acid groups (broad SMARTS) is 1. The molecule has 1 unspecified atom stereocenters. The molecule has 0 aliphatic heterocycles. The monoisotopic (exact) mass is 230 g/mol. The van der Waals surface area contributed by atoms with Gasteiger partial charge in [0.15, 0.2) is 0 Å². The summed E-state index contributed by atoms with van der Waals surface area (Å²) in [5, 5.41) is 14.3. The molecule has 0 saturated carbocycles. The number of rotatable bonds is 8. The van der Waals surface area contributed by atoms with Crippen LogP contribution < -0.4 is 10.6 Å². The second-order valence-electron chi connectivity index (χ2n) is 3.93. The first-order chi connectivity index (χ1) is 7.51. The van der Waals surface area contributed by atoms with E-state index < -0.39 is 12.0 Å². The lowest BCUT2D eigenvalue weighted by molar-refractivity contribution is -0.141. The number of amides is 1. The molecule has 0 aromatic rings. The smallest absolute Gasteiger partial charge is 0.327 e. The average Bonchev–Trinajstić information content (AvgIpc) is 2.22. The van der Waals surface area contributed by atoms with E-state index in [1.54, 1.807) is 0 Å². The summed E-state index contributed by atoms with van der Waals surface area (Å²) >= 11 is 0. The highest BCUT2D eigenvalue weighted by Crippen LogP contribution is 2.04. The molecule has 3 N–H and O–H groups in total. The van der Waals surface area contributed by atoms with Crippen LogP contribution in [0.4, 0.5) is 0 Å². The quantitative estimate of drug-likeness (QED) is 0.570. The van der Waals surface area contributed by atoms with Gasteiger partial charge in [-0.25, -0.2) is 4.79 Å². The molecular formula is C11H22N2O3. The number of nitrogens with one attached hydrogen (secondary N) is 2. The van der Waals surface area contributed by atoms with Crippen LogP contribution in [0.3, 0.4) is 0 Å². The molecule has 5 nitrogen and oxygen atoms in total.